The molecule has 0 rings (SSSR count). The molecule has 0 aliphatic rings. The Morgan fingerprint density at radius 1 is 0.767 bits per heavy atom. The molecule has 0 heterocycles. The van der Waals surface area contributed by atoms with Crippen molar-refractivity contribution in [3.63, 3.8) is 0 Å². The minimum Gasteiger partial charge on any atom is -0.394 e. The van der Waals surface area contributed by atoms with Crippen molar-refractivity contribution >= 4 is 11.6 Å². The smallest absolute Gasteiger partial charge is 0.0697 e. The van der Waals surface area contributed by atoms with Gasteiger partial charge in [-0.15, -0.1) is 0 Å². The van der Waals surface area contributed by atoms with Gasteiger partial charge in [0, 0.05) is 84.4 Å². The van der Waals surface area contributed by atoms with Crippen molar-refractivity contribution < 1.29 is 94.7 Å². The SMILES string of the molecule is CC(C)(C)CCCOCCO.[CH2-]C(=O)C(C)(C)C.[CH2-]C(=O)CCCOCCO.[Y].[Y]. The van der Waals surface area contributed by atoms with Gasteiger partial charge in [0.05, 0.1) is 26.4 Å². The largest absolute Gasteiger partial charge is 0.394 e. The molecule has 0 spiro atoms. The summed E-state index contributed by atoms with van der Waals surface area (Å²) in [5.41, 5.74) is 0.155. The van der Waals surface area contributed by atoms with Crippen LogP contribution in [0.25, 0.3) is 0 Å². The van der Waals surface area contributed by atoms with Gasteiger partial charge in [-0.25, -0.2) is 0 Å². The number of hydrogen-bond donors (Lipinski definition) is 2. The Kier molecular flexibility index (Phi) is 36.4. The Labute approximate surface area is 235 Å². The van der Waals surface area contributed by atoms with E-state index in [1.807, 2.05) is 20.8 Å². The fourth-order valence-electron chi connectivity index (χ4n) is 1.41. The van der Waals surface area contributed by atoms with Crippen LogP contribution in [0.2, 0.25) is 0 Å². The van der Waals surface area contributed by atoms with Gasteiger partial charge in [-0.1, -0.05) is 41.5 Å². The number of aliphatic hydroxyl groups excluding tert-OH is 2. The molecule has 8 heteroatoms. The van der Waals surface area contributed by atoms with Gasteiger partial charge < -0.3 is 43.1 Å². The number of carbonyl (C=O) groups excluding carboxylic acids is 2. The van der Waals surface area contributed by atoms with Crippen LogP contribution < -0.4 is 0 Å². The number of Topliss-reactive ketones (excluding diaryl/α,β-unsaturated/α-hetero) is 2. The van der Waals surface area contributed by atoms with Crippen molar-refractivity contribution in [1.29, 1.82) is 0 Å². The standard InChI is InChI=1S/C9H20O2.C7H13O3.C6H11O.2Y/c1-9(2,3)5-4-7-11-8-6-10;1-7(9)3-2-5-10-6-4-8;1-5(7)6(2,3)4;;/h10H,4-8H2,1-3H3;8H,1-6H2;1H2,2-4H3;;/q;2*-1;;. The molecule has 0 aromatic heterocycles. The number of aliphatic hydroxyl groups is 2. The first kappa shape index (κ1) is 41.4. The molecular weight excluding hydrogens is 538 g/mol. The Morgan fingerprint density at radius 3 is 1.40 bits per heavy atom. The van der Waals surface area contributed by atoms with E-state index < -0.39 is 0 Å². The maximum atomic E-state index is 10.4. The summed E-state index contributed by atoms with van der Waals surface area (Å²) in [6, 6.07) is 0. The average molecular weight is 582 g/mol. The molecule has 6 nitrogen and oxygen atoms in total. The van der Waals surface area contributed by atoms with Crippen LogP contribution in [-0.2, 0) is 84.5 Å². The Hall–Kier alpha value is 1.13. The molecular formula is C22H44O6Y2-2. The number of rotatable bonds is 11. The maximum absolute atomic E-state index is 10.4. The van der Waals surface area contributed by atoms with Crippen molar-refractivity contribution in [3.8, 4) is 0 Å². The second kappa shape index (κ2) is 26.4. The topological polar surface area (TPSA) is 93.1 Å². The van der Waals surface area contributed by atoms with Gasteiger partial charge in [0.2, 0.25) is 0 Å². The normalized spacial score (nSPS) is 10.3. The van der Waals surface area contributed by atoms with Crippen LogP contribution in [0, 0.1) is 24.7 Å². The first-order valence-corrected chi connectivity index (χ1v) is 9.86. The van der Waals surface area contributed by atoms with E-state index in [2.05, 4.69) is 34.6 Å². The van der Waals surface area contributed by atoms with E-state index in [9.17, 15) is 9.59 Å². The number of ketones is 2. The summed E-state index contributed by atoms with van der Waals surface area (Å²) in [6.45, 7) is 21.0. The molecule has 0 aromatic rings. The summed E-state index contributed by atoms with van der Waals surface area (Å²) < 4.78 is 10.0. The quantitative estimate of drug-likeness (QED) is 0.287. The molecule has 176 valence electrons. The predicted molar refractivity (Wildman–Crippen MR) is 114 cm³/mol. The van der Waals surface area contributed by atoms with Crippen LogP contribution >= 0.6 is 0 Å². The first-order chi connectivity index (χ1) is 12.8. The van der Waals surface area contributed by atoms with Crippen molar-refractivity contribution in [2.24, 2.45) is 10.8 Å². The maximum Gasteiger partial charge on any atom is 0.0697 e. The van der Waals surface area contributed by atoms with Gasteiger partial charge >= 0.3 is 0 Å². The van der Waals surface area contributed by atoms with Crippen LogP contribution in [0.15, 0.2) is 0 Å². The molecule has 2 radical (unpaired) electrons. The Bertz CT molecular complexity index is 377. The third-order valence-corrected chi connectivity index (χ3v) is 3.27. The summed E-state index contributed by atoms with van der Waals surface area (Å²) >= 11 is 0. The molecule has 0 saturated carbocycles. The van der Waals surface area contributed by atoms with E-state index >= 15 is 0 Å². The van der Waals surface area contributed by atoms with E-state index in [0.29, 0.717) is 38.1 Å². The summed E-state index contributed by atoms with van der Waals surface area (Å²) in [4.78, 5) is 20.6. The zero-order valence-electron chi connectivity index (χ0n) is 20.2. The average Bonchev–Trinajstić information content (AvgIpc) is 2.53. The monoisotopic (exact) mass is 582 g/mol. The molecule has 0 bridgehead atoms. The summed E-state index contributed by atoms with van der Waals surface area (Å²) in [5.74, 6) is -0.0694. The third kappa shape index (κ3) is 47.1. The molecule has 0 aromatic carbocycles. The molecule has 0 fully saturated rings. The molecule has 30 heavy (non-hydrogen) atoms. The van der Waals surface area contributed by atoms with Crippen molar-refractivity contribution in [3.05, 3.63) is 13.8 Å². The van der Waals surface area contributed by atoms with Gasteiger partial charge in [0.1, 0.15) is 0 Å². The van der Waals surface area contributed by atoms with Gasteiger partial charge in [0.25, 0.3) is 0 Å². The van der Waals surface area contributed by atoms with Crippen molar-refractivity contribution in [1.82, 2.24) is 0 Å². The van der Waals surface area contributed by atoms with E-state index in [1.54, 1.807) is 0 Å². The first-order valence-electron chi connectivity index (χ1n) is 9.86. The minimum atomic E-state index is -0.250. The fourth-order valence-corrected chi connectivity index (χ4v) is 1.41. The summed E-state index contributed by atoms with van der Waals surface area (Å²) in [6.07, 6.45) is 3.43. The second-order valence-corrected chi connectivity index (χ2v) is 8.65. The van der Waals surface area contributed by atoms with E-state index in [0.717, 1.165) is 13.0 Å². The fraction of sp³-hybridized carbons (Fsp3) is 0.818. The van der Waals surface area contributed by atoms with Gasteiger partial charge in [0.15, 0.2) is 0 Å². The van der Waals surface area contributed by atoms with Crippen LogP contribution in [0.5, 0.6) is 0 Å². The molecule has 0 aliphatic carbocycles. The van der Waals surface area contributed by atoms with Gasteiger partial charge in [-0.2, -0.15) is 0 Å². The third-order valence-electron chi connectivity index (χ3n) is 3.27. The zero-order valence-corrected chi connectivity index (χ0v) is 25.8. The van der Waals surface area contributed by atoms with Gasteiger partial charge in [-0.3, -0.25) is 0 Å². The van der Waals surface area contributed by atoms with Crippen LogP contribution in [-0.4, -0.2) is 61.4 Å². The van der Waals surface area contributed by atoms with E-state index in [4.69, 9.17) is 19.7 Å². The molecule has 0 atom stereocenters. The van der Waals surface area contributed by atoms with Crippen LogP contribution in [0.3, 0.4) is 0 Å². The van der Waals surface area contributed by atoms with Gasteiger partial charge in [-0.05, 0) is 42.3 Å². The second-order valence-electron chi connectivity index (χ2n) is 8.65. The Morgan fingerprint density at radius 2 is 1.13 bits per heavy atom. The van der Waals surface area contributed by atoms with Crippen molar-refractivity contribution in [2.45, 2.75) is 67.2 Å². The molecule has 2 N–H and O–H groups in total. The molecule has 0 aliphatic heterocycles. The minimum absolute atomic E-state index is 0. The summed E-state index contributed by atoms with van der Waals surface area (Å²) in [5, 5.41) is 16.7. The predicted octanol–water partition coefficient (Wildman–Crippen LogP) is 3.43. The molecule has 0 saturated heterocycles. The number of carbonyl (C=O) groups is 2. The molecule has 0 amide bonds. The number of hydrogen-bond acceptors (Lipinski definition) is 6. The van der Waals surface area contributed by atoms with Crippen LogP contribution in [0.1, 0.15) is 67.2 Å². The molecule has 0 unspecified atom stereocenters. The Balaban J connectivity index is -0.000000103. The summed E-state index contributed by atoms with van der Waals surface area (Å²) in [7, 11) is 0. The number of ether oxygens (including phenoxy) is 2. The van der Waals surface area contributed by atoms with Crippen LogP contribution in [0.4, 0.5) is 0 Å². The van der Waals surface area contributed by atoms with E-state index in [1.165, 1.54) is 6.42 Å². The van der Waals surface area contributed by atoms with E-state index in [-0.39, 0.29) is 95.6 Å². The van der Waals surface area contributed by atoms with Crippen molar-refractivity contribution in [2.75, 3.05) is 39.6 Å². The zero-order chi connectivity index (χ0) is 22.6.